The number of hydrogen-bond acceptors (Lipinski definition) is 6. The summed E-state index contributed by atoms with van der Waals surface area (Å²) in [5.74, 6) is 1.72. The molecule has 2 atom stereocenters. The predicted octanol–water partition coefficient (Wildman–Crippen LogP) is 2.44. The minimum atomic E-state index is 0. The van der Waals surface area contributed by atoms with Crippen LogP contribution in [0.2, 0.25) is 0 Å². The quantitative estimate of drug-likeness (QED) is 0.186. The first-order valence-corrected chi connectivity index (χ1v) is 11.5. The molecule has 0 aliphatic carbocycles. The number of rotatable bonds is 11. The van der Waals surface area contributed by atoms with Gasteiger partial charge in [0.25, 0.3) is 0 Å². The summed E-state index contributed by atoms with van der Waals surface area (Å²) in [5.41, 5.74) is 1.24. The number of halogens is 1. The first-order chi connectivity index (χ1) is 15.3. The molecule has 0 aromatic heterocycles. The number of nitrogens with one attached hydrogen (secondary N) is 2. The Labute approximate surface area is 209 Å². The summed E-state index contributed by atoms with van der Waals surface area (Å²) in [6.07, 6.45) is 2.21. The molecule has 0 bridgehead atoms. The molecule has 0 saturated carbocycles. The van der Waals surface area contributed by atoms with Gasteiger partial charge in [-0.25, -0.2) is 0 Å². The molecule has 0 radical (unpaired) electrons. The van der Waals surface area contributed by atoms with Crippen LogP contribution in [0, 0.1) is 0 Å². The Kier molecular flexibility index (Phi) is 13.3. The summed E-state index contributed by atoms with van der Waals surface area (Å²) in [5, 5.41) is 6.80. The van der Waals surface area contributed by atoms with E-state index in [1.54, 1.807) is 7.11 Å². The zero-order valence-corrected chi connectivity index (χ0v) is 21.7. The number of morpholine rings is 1. The van der Waals surface area contributed by atoms with E-state index >= 15 is 0 Å². The van der Waals surface area contributed by atoms with E-state index in [1.807, 2.05) is 12.1 Å². The fraction of sp³-hybridized carbons (Fsp3) is 0.696. The highest BCUT2D eigenvalue weighted by molar-refractivity contribution is 14.0. The normalized spacial score (nSPS) is 20.4. The fourth-order valence-electron chi connectivity index (χ4n) is 3.84. The molecular weight excluding hydrogens is 523 g/mol. The van der Waals surface area contributed by atoms with Crippen molar-refractivity contribution < 1.29 is 18.9 Å². The average molecular weight is 562 g/mol. The molecule has 2 fully saturated rings. The van der Waals surface area contributed by atoms with Crippen LogP contribution in [-0.4, -0.2) is 89.8 Å². The van der Waals surface area contributed by atoms with Crippen molar-refractivity contribution in [2.24, 2.45) is 4.99 Å². The Morgan fingerprint density at radius 3 is 2.59 bits per heavy atom. The van der Waals surface area contributed by atoms with Gasteiger partial charge in [0.1, 0.15) is 5.75 Å². The number of guanidine groups is 1. The molecule has 0 amide bonds. The van der Waals surface area contributed by atoms with E-state index in [-0.39, 0.29) is 36.1 Å². The molecule has 8 nitrogen and oxygen atoms in total. The first-order valence-electron chi connectivity index (χ1n) is 11.5. The van der Waals surface area contributed by atoms with Gasteiger partial charge in [-0.2, -0.15) is 0 Å². The lowest BCUT2D eigenvalue weighted by Gasteiger charge is -2.34. The molecule has 32 heavy (non-hydrogen) atoms. The van der Waals surface area contributed by atoms with E-state index in [0.717, 1.165) is 83.8 Å². The lowest BCUT2D eigenvalue weighted by molar-refractivity contribution is 0.0179. The van der Waals surface area contributed by atoms with Gasteiger partial charge in [0.15, 0.2) is 5.96 Å². The number of hydrogen-bond donors (Lipinski definition) is 2. The Bertz CT molecular complexity index is 650. The summed E-state index contributed by atoms with van der Waals surface area (Å²) in [4.78, 5) is 7.36. The largest absolute Gasteiger partial charge is 0.497 e. The van der Waals surface area contributed by atoms with Crippen molar-refractivity contribution in [2.75, 3.05) is 72.9 Å². The molecule has 2 N–H and O–H groups in total. The number of benzene rings is 1. The molecular formula is C23H39IN4O4. The topological polar surface area (TPSA) is 76.6 Å². The van der Waals surface area contributed by atoms with Crippen molar-refractivity contribution in [2.45, 2.75) is 31.9 Å². The smallest absolute Gasteiger partial charge is 0.191 e. The predicted molar refractivity (Wildman–Crippen MR) is 137 cm³/mol. The maximum Gasteiger partial charge on any atom is 0.191 e. The van der Waals surface area contributed by atoms with Crippen molar-refractivity contribution in [1.29, 1.82) is 0 Å². The number of nitrogens with zero attached hydrogens (tertiary/aromatic N) is 2. The summed E-state index contributed by atoms with van der Waals surface area (Å²) in [6.45, 7) is 10.1. The van der Waals surface area contributed by atoms with Crippen LogP contribution in [0.15, 0.2) is 29.3 Å². The van der Waals surface area contributed by atoms with E-state index in [9.17, 15) is 0 Å². The molecule has 2 aliphatic rings. The average Bonchev–Trinajstić information content (AvgIpc) is 3.33. The van der Waals surface area contributed by atoms with E-state index in [4.69, 9.17) is 23.9 Å². The molecule has 2 aliphatic heterocycles. The van der Waals surface area contributed by atoms with Crippen molar-refractivity contribution in [3.8, 4) is 5.75 Å². The fourth-order valence-corrected chi connectivity index (χ4v) is 3.84. The molecule has 1 aromatic rings. The molecule has 2 unspecified atom stereocenters. The van der Waals surface area contributed by atoms with Crippen LogP contribution in [0.5, 0.6) is 5.75 Å². The molecule has 182 valence electrons. The van der Waals surface area contributed by atoms with Crippen LogP contribution in [0.25, 0.3) is 0 Å². The van der Waals surface area contributed by atoms with Crippen LogP contribution < -0.4 is 15.4 Å². The summed E-state index contributed by atoms with van der Waals surface area (Å²) >= 11 is 0. The van der Waals surface area contributed by atoms with Crippen LogP contribution >= 0.6 is 24.0 Å². The monoisotopic (exact) mass is 562 g/mol. The van der Waals surface area contributed by atoms with E-state index in [2.05, 4.69) is 34.6 Å². The SMILES string of the molecule is CCNC(=NCC(c1ccc(OC)cc1)N1CCOCC1)NCCCOC1CCOC1.I. The lowest BCUT2D eigenvalue weighted by atomic mass is 10.0. The van der Waals surface area contributed by atoms with E-state index < -0.39 is 0 Å². The summed E-state index contributed by atoms with van der Waals surface area (Å²) in [6, 6.07) is 8.52. The number of methoxy groups -OCH3 is 1. The minimum Gasteiger partial charge on any atom is -0.497 e. The highest BCUT2D eigenvalue weighted by Gasteiger charge is 2.23. The van der Waals surface area contributed by atoms with Crippen molar-refractivity contribution >= 4 is 29.9 Å². The van der Waals surface area contributed by atoms with Crippen molar-refractivity contribution in [1.82, 2.24) is 15.5 Å². The highest BCUT2D eigenvalue weighted by atomic mass is 127. The van der Waals surface area contributed by atoms with Gasteiger partial charge in [-0.05, 0) is 37.5 Å². The Hall–Kier alpha value is -1.14. The maximum atomic E-state index is 5.84. The van der Waals surface area contributed by atoms with Gasteiger partial charge in [0.05, 0.1) is 45.6 Å². The number of aliphatic imine (C=N–C) groups is 1. The van der Waals surface area contributed by atoms with Crippen LogP contribution in [0.1, 0.15) is 31.4 Å². The lowest BCUT2D eigenvalue weighted by Crippen LogP contribution is -2.42. The number of ether oxygens (including phenoxy) is 4. The van der Waals surface area contributed by atoms with Crippen molar-refractivity contribution in [3.05, 3.63) is 29.8 Å². The van der Waals surface area contributed by atoms with Gasteiger partial charge in [-0.1, -0.05) is 12.1 Å². The van der Waals surface area contributed by atoms with Gasteiger partial charge in [0, 0.05) is 39.4 Å². The van der Waals surface area contributed by atoms with Crippen LogP contribution in [0.3, 0.4) is 0 Å². The molecule has 0 spiro atoms. The molecule has 1 aromatic carbocycles. The minimum absolute atomic E-state index is 0. The van der Waals surface area contributed by atoms with Gasteiger partial charge in [0.2, 0.25) is 0 Å². The third kappa shape index (κ3) is 9.01. The maximum absolute atomic E-state index is 5.84. The van der Waals surface area contributed by atoms with Gasteiger partial charge in [-0.3, -0.25) is 9.89 Å². The molecule has 2 heterocycles. The third-order valence-electron chi connectivity index (χ3n) is 5.61. The third-order valence-corrected chi connectivity index (χ3v) is 5.61. The summed E-state index contributed by atoms with van der Waals surface area (Å²) in [7, 11) is 1.69. The Morgan fingerprint density at radius 2 is 1.94 bits per heavy atom. The summed E-state index contributed by atoms with van der Waals surface area (Å²) < 4.78 is 22.1. The Balaban J connectivity index is 0.00000363. The standard InChI is InChI=1S/C23H38N4O4.HI/c1-3-24-23(25-10-4-13-31-21-9-14-30-18-21)26-17-22(27-11-15-29-16-12-27)19-5-7-20(28-2)8-6-19;/h5-8,21-22H,3-4,9-18H2,1-2H3,(H2,24,25,26);1H. The first kappa shape index (κ1) is 27.1. The van der Waals surface area contributed by atoms with E-state index in [0.29, 0.717) is 6.54 Å². The van der Waals surface area contributed by atoms with Crippen molar-refractivity contribution in [3.63, 3.8) is 0 Å². The van der Waals surface area contributed by atoms with Crippen LogP contribution in [0.4, 0.5) is 0 Å². The second-order valence-electron chi connectivity index (χ2n) is 7.79. The van der Waals surface area contributed by atoms with Gasteiger partial charge in [-0.15, -0.1) is 24.0 Å². The van der Waals surface area contributed by atoms with Gasteiger partial charge >= 0.3 is 0 Å². The zero-order chi connectivity index (χ0) is 21.7. The zero-order valence-electron chi connectivity index (χ0n) is 19.4. The molecule has 3 rings (SSSR count). The Morgan fingerprint density at radius 1 is 1.16 bits per heavy atom. The van der Waals surface area contributed by atoms with Crippen LogP contribution in [-0.2, 0) is 14.2 Å². The second-order valence-corrected chi connectivity index (χ2v) is 7.79. The van der Waals surface area contributed by atoms with Gasteiger partial charge < -0.3 is 29.6 Å². The van der Waals surface area contributed by atoms with E-state index in [1.165, 1.54) is 5.56 Å². The molecule has 2 saturated heterocycles. The second kappa shape index (κ2) is 15.7. The molecule has 9 heteroatoms. The highest BCUT2D eigenvalue weighted by Crippen LogP contribution is 2.24.